The second-order valence-electron chi connectivity index (χ2n) is 10.1. The molecule has 0 saturated carbocycles. The Labute approximate surface area is 208 Å². The SMILES string of the molecule is CC[N+](CCCCCC(=O)[O-])=c1ccc2cc3c(oc-2c1)C=C(N(C)c1ccccc1)CC3(C)C. The maximum atomic E-state index is 10.6. The van der Waals surface area contributed by atoms with Gasteiger partial charge < -0.3 is 19.2 Å². The van der Waals surface area contributed by atoms with Crippen molar-refractivity contribution in [1.29, 1.82) is 0 Å². The number of rotatable bonds is 9. The van der Waals surface area contributed by atoms with Gasteiger partial charge in [0, 0.05) is 54.1 Å². The number of hydrogen-bond donors (Lipinski definition) is 0. The van der Waals surface area contributed by atoms with Crippen molar-refractivity contribution in [3.63, 3.8) is 0 Å². The van der Waals surface area contributed by atoms with Crippen molar-refractivity contribution in [2.24, 2.45) is 0 Å². The third-order valence-corrected chi connectivity index (χ3v) is 7.06. The van der Waals surface area contributed by atoms with Gasteiger partial charge in [0.15, 0.2) is 0 Å². The molecule has 0 bridgehead atoms. The van der Waals surface area contributed by atoms with Gasteiger partial charge in [-0.05, 0) is 62.3 Å². The summed E-state index contributed by atoms with van der Waals surface area (Å²) in [5, 5.41) is 11.8. The zero-order valence-corrected chi connectivity index (χ0v) is 21.3. The van der Waals surface area contributed by atoms with Gasteiger partial charge in [-0.25, -0.2) is 4.58 Å². The molecule has 0 atom stereocenters. The highest BCUT2D eigenvalue weighted by atomic mass is 16.4. The van der Waals surface area contributed by atoms with Gasteiger partial charge in [-0.15, -0.1) is 0 Å². The maximum Gasteiger partial charge on any atom is 0.203 e. The van der Waals surface area contributed by atoms with E-state index in [0.29, 0.717) is 6.42 Å². The molecule has 1 aromatic carbocycles. The first-order valence-corrected chi connectivity index (χ1v) is 12.6. The van der Waals surface area contributed by atoms with E-state index in [9.17, 15) is 9.90 Å². The molecule has 0 saturated heterocycles. The summed E-state index contributed by atoms with van der Waals surface area (Å²) in [6.07, 6.45) is 5.76. The standard InChI is InChI=1S/C30H36N2O3/c1-5-32(17-11-7-10-14-29(33)34)24-16-15-22-18-26-28(35-27(22)19-24)20-25(21-30(26,2)3)31(4)23-12-8-6-9-13-23/h6,8-9,12-13,15-16,18-20H,5,7,10-11,14,17,21H2,1-4H3. The Balaban J connectivity index is 1.67. The van der Waals surface area contributed by atoms with E-state index in [4.69, 9.17) is 4.42 Å². The number of hydrogen-bond acceptors (Lipinski definition) is 4. The van der Waals surface area contributed by atoms with Crippen LogP contribution >= 0.6 is 0 Å². The van der Waals surface area contributed by atoms with Crippen molar-refractivity contribution in [3.8, 4) is 11.3 Å². The van der Waals surface area contributed by atoms with Gasteiger partial charge in [0.2, 0.25) is 5.36 Å². The Morgan fingerprint density at radius 2 is 1.86 bits per heavy atom. The van der Waals surface area contributed by atoms with Gasteiger partial charge in [0.25, 0.3) is 0 Å². The topological polar surface area (TPSA) is 59.5 Å². The highest BCUT2D eigenvalue weighted by molar-refractivity contribution is 5.69. The predicted octanol–water partition coefficient (Wildman–Crippen LogP) is 4.65. The van der Waals surface area contributed by atoms with Gasteiger partial charge in [0.05, 0.1) is 6.07 Å². The highest BCUT2D eigenvalue weighted by Gasteiger charge is 2.32. The molecule has 35 heavy (non-hydrogen) atoms. The molecule has 0 unspecified atom stereocenters. The monoisotopic (exact) mass is 472 g/mol. The molecule has 0 fully saturated rings. The summed E-state index contributed by atoms with van der Waals surface area (Å²) in [6.45, 7) is 8.49. The first-order chi connectivity index (χ1) is 16.8. The Kier molecular flexibility index (Phi) is 7.44. The van der Waals surface area contributed by atoms with Crippen LogP contribution in [0.25, 0.3) is 17.4 Å². The summed E-state index contributed by atoms with van der Waals surface area (Å²) >= 11 is 0. The fourth-order valence-corrected chi connectivity index (χ4v) is 4.97. The number of anilines is 1. The molecule has 0 N–H and O–H groups in total. The lowest BCUT2D eigenvalue weighted by Crippen LogP contribution is -2.31. The van der Waals surface area contributed by atoms with Crippen LogP contribution < -0.4 is 19.9 Å². The quantitative estimate of drug-likeness (QED) is 0.336. The van der Waals surface area contributed by atoms with Crippen molar-refractivity contribution >= 4 is 17.7 Å². The van der Waals surface area contributed by atoms with Crippen molar-refractivity contribution < 1.29 is 14.3 Å². The third-order valence-electron chi connectivity index (χ3n) is 7.06. The number of carboxylic acids is 1. The van der Waals surface area contributed by atoms with E-state index in [1.807, 2.05) is 6.07 Å². The lowest BCUT2D eigenvalue weighted by atomic mass is 9.75. The molecule has 1 heterocycles. The number of allylic oxidation sites excluding steroid dienone is 1. The normalized spacial score (nSPS) is 15.4. The summed E-state index contributed by atoms with van der Waals surface area (Å²) in [4.78, 5) is 12.9. The predicted molar refractivity (Wildman–Crippen MR) is 140 cm³/mol. The molecular weight excluding hydrogens is 436 g/mol. The van der Waals surface area contributed by atoms with Crippen LogP contribution in [0.15, 0.2) is 64.7 Å². The summed E-state index contributed by atoms with van der Waals surface area (Å²) in [7, 11) is 2.12. The van der Waals surface area contributed by atoms with Gasteiger partial charge in [-0.1, -0.05) is 32.0 Å². The fraction of sp³-hybridized carbons (Fsp3) is 0.400. The van der Waals surface area contributed by atoms with E-state index >= 15 is 0 Å². The van der Waals surface area contributed by atoms with Gasteiger partial charge in [-0.3, -0.25) is 0 Å². The van der Waals surface area contributed by atoms with Crippen molar-refractivity contribution in [1.82, 2.24) is 4.58 Å². The van der Waals surface area contributed by atoms with E-state index in [0.717, 1.165) is 54.8 Å². The van der Waals surface area contributed by atoms with Crippen LogP contribution in [-0.4, -0.2) is 26.1 Å². The van der Waals surface area contributed by atoms with Gasteiger partial charge in [0.1, 0.15) is 24.6 Å². The van der Waals surface area contributed by atoms with Crippen LogP contribution in [0.5, 0.6) is 0 Å². The van der Waals surface area contributed by atoms with Crippen LogP contribution in [-0.2, 0) is 10.2 Å². The average Bonchev–Trinajstić information content (AvgIpc) is 2.84. The number of carbonyl (C=O) groups is 1. The van der Waals surface area contributed by atoms with Gasteiger partial charge >= 0.3 is 0 Å². The number of fused-ring (bicyclic) bond motifs is 2. The lowest BCUT2D eigenvalue weighted by Gasteiger charge is -2.36. The minimum atomic E-state index is -0.966. The molecule has 4 rings (SSSR count). The lowest BCUT2D eigenvalue weighted by molar-refractivity contribution is -0.305. The average molecular weight is 473 g/mol. The summed E-state index contributed by atoms with van der Waals surface area (Å²) in [5.74, 6) is 0.841. The minimum Gasteiger partial charge on any atom is -0.550 e. The summed E-state index contributed by atoms with van der Waals surface area (Å²) in [6, 6.07) is 19.2. The smallest absolute Gasteiger partial charge is 0.203 e. The van der Waals surface area contributed by atoms with E-state index in [1.54, 1.807) is 0 Å². The van der Waals surface area contributed by atoms with Gasteiger partial charge in [-0.2, -0.15) is 0 Å². The van der Waals surface area contributed by atoms with Crippen molar-refractivity contribution in [2.75, 3.05) is 25.0 Å². The first-order valence-electron chi connectivity index (χ1n) is 12.6. The largest absolute Gasteiger partial charge is 0.550 e. The Morgan fingerprint density at radius 1 is 1.09 bits per heavy atom. The van der Waals surface area contributed by atoms with E-state index < -0.39 is 5.97 Å². The number of nitrogens with zero attached hydrogens (tertiary/aromatic N) is 2. The van der Waals surface area contributed by atoms with Crippen molar-refractivity contribution in [2.45, 2.75) is 58.3 Å². The molecule has 5 heteroatoms. The molecule has 0 spiro atoms. The zero-order chi connectivity index (χ0) is 25.0. The molecule has 0 amide bonds. The molecule has 0 aromatic heterocycles. The van der Waals surface area contributed by atoms with Crippen LogP contribution in [0.1, 0.15) is 64.2 Å². The maximum absolute atomic E-state index is 10.6. The molecule has 3 aliphatic rings. The van der Waals surface area contributed by atoms with Crippen LogP contribution in [0.2, 0.25) is 0 Å². The summed E-state index contributed by atoms with van der Waals surface area (Å²) in [5.41, 5.74) is 4.71. The number of unbranched alkanes of at least 4 members (excludes halogenated alkanes) is 2. The molecule has 2 aliphatic carbocycles. The Bertz CT molecular complexity index is 1250. The van der Waals surface area contributed by atoms with Crippen LogP contribution in [0.4, 0.5) is 5.69 Å². The molecule has 0 radical (unpaired) electrons. The number of para-hydroxylation sites is 1. The molecule has 5 nitrogen and oxygen atoms in total. The Hall–Kier alpha value is -3.34. The van der Waals surface area contributed by atoms with Crippen LogP contribution in [0.3, 0.4) is 0 Å². The second kappa shape index (κ2) is 10.5. The summed E-state index contributed by atoms with van der Waals surface area (Å²) < 4.78 is 8.86. The number of aliphatic carboxylic acids is 1. The molecule has 1 aliphatic heterocycles. The van der Waals surface area contributed by atoms with E-state index in [1.165, 1.54) is 16.9 Å². The van der Waals surface area contributed by atoms with E-state index in [-0.39, 0.29) is 11.8 Å². The third kappa shape index (κ3) is 5.67. The molecule has 184 valence electrons. The second-order valence-corrected chi connectivity index (χ2v) is 10.1. The van der Waals surface area contributed by atoms with Crippen LogP contribution in [0, 0.1) is 0 Å². The first kappa shape index (κ1) is 24.8. The highest BCUT2D eigenvalue weighted by Crippen LogP contribution is 2.42. The number of benzene rings is 2. The van der Waals surface area contributed by atoms with Crippen molar-refractivity contribution in [3.05, 3.63) is 77.0 Å². The number of carbonyl (C=O) groups excluding carboxylic acids is 1. The minimum absolute atomic E-state index is 0.0419. The zero-order valence-electron chi connectivity index (χ0n) is 21.3. The molecular formula is C30H36N2O3. The number of carboxylic acid groups (broad SMARTS) is 1. The fourth-order valence-electron chi connectivity index (χ4n) is 4.97. The Morgan fingerprint density at radius 3 is 2.57 bits per heavy atom. The molecule has 1 aromatic rings. The van der Waals surface area contributed by atoms with E-state index in [2.05, 4.69) is 91.9 Å².